The molecule has 2 aliphatic heterocycles. The Balaban J connectivity index is 1.47. The Hall–Kier alpha value is -2.83. The van der Waals surface area contributed by atoms with Gasteiger partial charge < -0.3 is 13.7 Å². The van der Waals surface area contributed by atoms with E-state index < -0.39 is 11.1 Å². The van der Waals surface area contributed by atoms with E-state index in [0.717, 1.165) is 37.2 Å². The number of hydrogen-bond donors (Lipinski definition) is 0. The van der Waals surface area contributed by atoms with Crippen molar-refractivity contribution in [3.8, 4) is 17.2 Å². The monoisotopic (exact) mass is 449 g/mol. The average Bonchev–Trinajstić information content (AvgIpc) is 2.83. The smallest absolute Gasteiger partial charge is 0.240 e. The zero-order valence-corrected chi connectivity index (χ0v) is 19.2. The molecule has 0 saturated heterocycles. The van der Waals surface area contributed by atoms with Crippen molar-refractivity contribution in [2.45, 2.75) is 37.2 Å². The second-order valence-corrected chi connectivity index (χ2v) is 9.21. The largest absolute Gasteiger partial charge is 0.494 e. The topological polar surface area (TPSA) is 48.0 Å². The van der Waals surface area contributed by atoms with E-state index in [1.165, 1.54) is 16.7 Å². The molecule has 2 unspecified atom stereocenters. The Morgan fingerprint density at radius 2 is 1.91 bits per heavy atom. The molecular weight excluding hydrogens is 422 g/mol. The van der Waals surface area contributed by atoms with Crippen LogP contribution in [0.2, 0.25) is 0 Å². The van der Waals surface area contributed by atoms with Crippen LogP contribution in [0.4, 0.5) is 0 Å². The molecule has 2 atom stereocenters. The molecule has 0 saturated carbocycles. The van der Waals surface area contributed by atoms with Crippen LogP contribution in [0.25, 0.3) is 0 Å². The fourth-order valence-corrected chi connectivity index (χ4v) is 5.57. The second-order valence-electron chi connectivity index (χ2n) is 8.10. The normalized spacial score (nSPS) is 18.1. The van der Waals surface area contributed by atoms with Gasteiger partial charge in [0.15, 0.2) is 11.5 Å². The molecular formula is C26H27NO4S. The summed E-state index contributed by atoms with van der Waals surface area (Å²) in [6.45, 7) is 4.39. The van der Waals surface area contributed by atoms with E-state index in [9.17, 15) is 4.21 Å². The van der Waals surface area contributed by atoms with Gasteiger partial charge in [0.05, 0.1) is 18.6 Å². The highest BCUT2D eigenvalue weighted by Gasteiger charge is 2.34. The van der Waals surface area contributed by atoms with E-state index in [-0.39, 0.29) is 0 Å². The van der Waals surface area contributed by atoms with Crippen molar-refractivity contribution in [3.63, 3.8) is 0 Å². The number of fused-ring (bicyclic) bond motifs is 4. The van der Waals surface area contributed by atoms with Crippen LogP contribution in [0, 0.1) is 0 Å². The molecule has 0 N–H and O–H groups in total. The molecule has 2 aliphatic rings. The predicted octanol–water partition coefficient (Wildman–Crippen LogP) is 4.85. The van der Waals surface area contributed by atoms with Crippen molar-refractivity contribution < 1.29 is 17.9 Å². The van der Waals surface area contributed by atoms with Gasteiger partial charge in [-0.15, -0.1) is 0 Å². The zero-order chi connectivity index (χ0) is 22.1. The van der Waals surface area contributed by atoms with Crippen LogP contribution in [0.15, 0.2) is 65.6 Å². The number of methoxy groups -OCH3 is 1. The molecule has 0 fully saturated rings. The van der Waals surface area contributed by atoms with Gasteiger partial charge in [0.2, 0.25) is 11.1 Å². The minimum atomic E-state index is -1.61. The van der Waals surface area contributed by atoms with Crippen LogP contribution in [-0.2, 0) is 30.5 Å². The lowest BCUT2D eigenvalue weighted by Gasteiger charge is -2.42. The summed E-state index contributed by atoms with van der Waals surface area (Å²) in [6, 6.07) is 20.1. The first-order valence-electron chi connectivity index (χ1n) is 11.0. The molecule has 2 heterocycles. The van der Waals surface area contributed by atoms with Gasteiger partial charge in [-0.2, -0.15) is 0 Å². The Morgan fingerprint density at radius 1 is 1.06 bits per heavy atom. The average molecular weight is 450 g/mol. The third-order valence-electron chi connectivity index (χ3n) is 6.30. The Morgan fingerprint density at radius 3 is 2.69 bits per heavy atom. The van der Waals surface area contributed by atoms with Gasteiger partial charge in [0.25, 0.3) is 0 Å². The lowest BCUT2D eigenvalue weighted by Crippen LogP contribution is -2.39. The number of ether oxygens (including phenoxy) is 2. The molecule has 5 nitrogen and oxygen atoms in total. The first-order valence-corrected chi connectivity index (χ1v) is 12.1. The molecule has 3 aromatic carbocycles. The predicted molar refractivity (Wildman–Crippen MR) is 125 cm³/mol. The highest BCUT2D eigenvalue weighted by Crippen LogP contribution is 2.44. The minimum absolute atomic E-state index is 0.322. The molecule has 0 aliphatic carbocycles. The summed E-state index contributed by atoms with van der Waals surface area (Å²) in [4.78, 5) is 3.13. The van der Waals surface area contributed by atoms with Crippen molar-refractivity contribution in [1.29, 1.82) is 0 Å². The summed E-state index contributed by atoms with van der Waals surface area (Å²) in [6.07, 6.45) is 1.87. The van der Waals surface area contributed by atoms with E-state index in [0.29, 0.717) is 29.0 Å². The molecule has 0 amide bonds. The Kier molecular flexibility index (Phi) is 5.89. The molecule has 0 bridgehead atoms. The first kappa shape index (κ1) is 21.0. The maximum absolute atomic E-state index is 12.9. The molecule has 0 spiro atoms. The molecule has 0 aromatic heterocycles. The quantitative estimate of drug-likeness (QED) is 0.538. The van der Waals surface area contributed by atoms with Crippen LogP contribution in [0.1, 0.15) is 35.2 Å². The van der Waals surface area contributed by atoms with Crippen LogP contribution in [-0.4, -0.2) is 29.4 Å². The van der Waals surface area contributed by atoms with Gasteiger partial charge in [0.1, 0.15) is 5.75 Å². The Labute approximate surface area is 191 Å². The molecule has 166 valence electrons. The first-order chi connectivity index (χ1) is 15.7. The van der Waals surface area contributed by atoms with Gasteiger partial charge in [-0.1, -0.05) is 30.3 Å². The van der Waals surface area contributed by atoms with Crippen LogP contribution in [0.3, 0.4) is 0 Å². The van der Waals surface area contributed by atoms with Crippen molar-refractivity contribution in [2.75, 3.05) is 20.3 Å². The van der Waals surface area contributed by atoms with Crippen LogP contribution in [0.5, 0.6) is 17.2 Å². The van der Waals surface area contributed by atoms with Crippen LogP contribution >= 0.6 is 0 Å². The maximum Gasteiger partial charge on any atom is 0.240 e. The van der Waals surface area contributed by atoms with E-state index in [1.807, 2.05) is 43.3 Å². The summed E-state index contributed by atoms with van der Waals surface area (Å²) in [5.41, 5.74) is 5.03. The lowest BCUT2D eigenvalue weighted by atomic mass is 9.83. The SMILES string of the molecule is CCOc1ccc2c(c1)CCN1Cc3c(ccc(OC)c3OS(=O)c3ccccc3)CC21. The molecule has 5 rings (SSSR count). The van der Waals surface area contributed by atoms with Gasteiger partial charge in [-0.3, -0.25) is 4.90 Å². The lowest BCUT2D eigenvalue weighted by molar-refractivity contribution is 0.159. The molecule has 3 aromatic rings. The number of benzene rings is 3. The Bertz CT molecular complexity index is 1150. The molecule has 0 radical (unpaired) electrons. The fraction of sp³-hybridized carbons (Fsp3) is 0.308. The van der Waals surface area contributed by atoms with Crippen LogP contribution < -0.4 is 13.7 Å². The van der Waals surface area contributed by atoms with Gasteiger partial charge in [-0.25, -0.2) is 4.21 Å². The number of nitrogens with zero attached hydrogens (tertiary/aromatic N) is 1. The van der Waals surface area contributed by atoms with Gasteiger partial charge in [-0.05, 0) is 66.8 Å². The molecule has 6 heteroatoms. The van der Waals surface area contributed by atoms with E-state index in [4.69, 9.17) is 13.7 Å². The summed E-state index contributed by atoms with van der Waals surface area (Å²) in [7, 11) is 1.62. The fourth-order valence-electron chi connectivity index (χ4n) is 4.76. The van der Waals surface area contributed by atoms with Gasteiger partial charge >= 0.3 is 0 Å². The summed E-state index contributed by atoms with van der Waals surface area (Å²) >= 11 is -1.61. The van der Waals surface area contributed by atoms with Crippen molar-refractivity contribution >= 4 is 11.1 Å². The van der Waals surface area contributed by atoms with Crippen molar-refractivity contribution in [1.82, 2.24) is 4.90 Å². The zero-order valence-electron chi connectivity index (χ0n) is 18.4. The highest BCUT2D eigenvalue weighted by molar-refractivity contribution is 7.80. The standard InChI is InChI=1S/C26H27NO4S/c1-3-30-20-10-11-22-19(15-20)13-14-27-17-23-18(16-24(22)27)9-12-25(29-2)26(23)31-32(28)21-7-5-4-6-8-21/h4-12,15,24H,3,13-14,16-17H2,1-2H3. The van der Waals surface area contributed by atoms with Crippen molar-refractivity contribution in [3.05, 3.63) is 82.9 Å². The van der Waals surface area contributed by atoms with E-state index in [2.05, 4.69) is 29.2 Å². The summed E-state index contributed by atoms with van der Waals surface area (Å²) in [5, 5.41) is 0. The molecule has 32 heavy (non-hydrogen) atoms. The van der Waals surface area contributed by atoms with Crippen molar-refractivity contribution in [2.24, 2.45) is 0 Å². The third kappa shape index (κ3) is 3.89. The van der Waals surface area contributed by atoms with E-state index in [1.54, 1.807) is 7.11 Å². The van der Waals surface area contributed by atoms with E-state index >= 15 is 0 Å². The third-order valence-corrected chi connectivity index (χ3v) is 7.28. The number of hydrogen-bond acceptors (Lipinski definition) is 5. The number of rotatable bonds is 6. The second kappa shape index (κ2) is 8.96. The summed E-state index contributed by atoms with van der Waals surface area (Å²) < 4.78 is 30.2. The van der Waals surface area contributed by atoms with Gasteiger partial charge in [0, 0.05) is 24.7 Å². The maximum atomic E-state index is 12.9. The highest BCUT2D eigenvalue weighted by atomic mass is 32.2. The summed E-state index contributed by atoms with van der Waals surface area (Å²) in [5.74, 6) is 2.15. The minimum Gasteiger partial charge on any atom is -0.494 e.